The van der Waals surface area contributed by atoms with Gasteiger partial charge in [-0.2, -0.15) is 6.92 Å². The Kier molecular flexibility index (Phi) is 13.1. The van der Waals surface area contributed by atoms with Gasteiger partial charge in [0.05, 0.1) is 0 Å². The van der Waals surface area contributed by atoms with Crippen molar-refractivity contribution >= 4 is 13.9 Å². The summed E-state index contributed by atoms with van der Waals surface area (Å²) in [5.41, 5.74) is 4.01. The monoisotopic (exact) mass is 456 g/mol. The smallest absolute Gasteiger partial charge is 0.656 e. The van der Waals surface area contributed by atoms with Crippen LogP contribution in [-0.4, -0.2) is 20.8 Å². The molecule has 2 aliphatic carbocycles. The molecule has 162 valence electrons. The fraction of sp³-hybridized carbons (Fsp3) is 0.346. The first-order valence-electron chi connectivity index (χ1n) is 9.74. The molecule has 0 spiro atoms. The molecule has 2 aliphatic rings. The molecule has 0 heterocycles. The van der Waals surface area contributed by atoms with E-state index in [1.54, 1.807) is 6.92 Å². The summed E-state index contributed by atoms with van der Waals surface area (Å²) in [5.74, 6) is 0.340. The first-order valence-corrected chi connectivity index (χ1v) is 12.7. The third-order valence-electron chi connectivity index (χ3n) is 4.75. The maximum Gasteiger partial charge on any atom is 4.00 e. The predicted octanol–water partition coefficient (Wildman–Crippen LogP) is 7.71. The molecule has 0 radical (unpaired) electrons. The van der Waals surface area contributed by atoms with Gasteiger partial charge >= 0.3 is 21.7 Å². The summed E-state index contributed by atoms with van der Waals surface area (Å²) in [6.45, 7) is 16.3. The first-order chi connectivity index (χ1) is 12.7. The summed E-state index contributed by atoms with van der Waals surface area (Å²) >= 11 is 0. The van der Waals surface area contributed by atoms with E-state index in [4.69, 9.17) is 4.98 Å². The number of anilines is 1. The minimum atomic E-state index is -1.89. The maximum absolute atomic E-state index is 5.24. The van der Waals surface area contributed by atoms with E-state index in [0.717, 1.165) is 0 Å². The molecule has 0 aliphatic heterocycles. The van der Waals surface area contributed by atoms with E-state index >= 15 is 0 Å². The van der Waals surface area contributed by atoms with Crippen LogP contribution in [0, 0.1) is 27.7 Å². The Balaban J connectivity index is 0. The summed E-state index contributed by atoms with van der Waals surface area (Å²) in [6.07, 6.45) is 11.3. The molecule has 1 atom stereocenters. The molecule has 0 saturated heterocycles. The molecule has 30 heavy (non-hydrogen) atoms. The van der Waals surface area contributed by atoms with Crippen molar-refractivity contribution in [3.05, 3.63) is 104 Å². The van der Waals surface area contributed by atoms with Gasteiger partial charge in [-0.15, -0.1) is 5.54 Å². The van der Waals surface area contributed by atoms with Crippen LogP contribution in [0.1, 0.15) is 27.7 Å². The van der Waals surface area contributed by atoms with Crippen molar-refractivity contribution in [3.8, 4) is 0 Å². The van der Waals surface area contributed by atoms with Crippen molar-refractivity contribution < 1.29 is 21.7 Å². The molecule has 0 amide bonds. The first kappa shape index (κ1) is 31.1. The van der Waals surface area contributed by atoms with Gasteiger partial charge in [-0.25, -0.2) is 0 Å². The SMILES string of the molecule is CN(C1=CC([Si](C)(C)[N-]C(C)(C)C)=C2C=CC=CC12)c1ccccc1.[CH2-]C.[CH3-].[CH3-].[Ti+4]. The molecule has 0 fully saturated rings. The summed E-state index contributed by atoms with van der Waals surface area (Å²) in [6, 6.07) is 10.6. The Morgan fingerprint density at radius 2 is 1.57 bits per heavy atom. The van der Waals surface area contributed by atoms with Gasteiger partial charge in [-0.05, 0) is 32.0 Å². The van der Waals surface area contributed by atoms with Crippen LogP contribution in [0.3, 0.4) is 0 Å². The minimum absolute atomic E-state index is 0. The summed E-state index contributed by atoms with van der Waals surface area (Å²) in [7, 11) is 0.284. The van der Waals surface area contributed by atoms with E-state index in [2.05, 4.69) is 113 Å². The van der Waals surface area contributed by atoms with Crippen LogP contribution in [0.5, 0.6) is 0 Å². The van der Waals surface area contributed by atoms with Gasteiger partial charge in [0.1, 0.15) is 0 Å². The molecule has 4 heteroatoms. The van der Waals surface area contributed by atoms with Crippen molar-refractivity contribution in [2.24, 2.45) is 5.92 Å². The molecular formula is C26H40N2SiTi. The predicted molar refractivity (Wildman–Crippen MR) is 136 cm³/mol. The van der Waals surface area contributed by atoms with Crippen molar-refractivity contribution in [3.63, 3.8) is 0 Å². The van der Waals surface area contributed by atoms with E-state index in [0.29, 0.717) is 5.92 Å². The van der Waals surface area contributed by atoms with Gasteiger partial charge in [-0.3, -0.25) is 0 Å². The maximum atomic E-state index is 5.24. The van der Waals surface area contributed by atoms with Gasteiger partial charge < -0.3 is 31.7 Å². The van der Waals surface area contributed by atoms with Crippen LogP contribution < -0.4 is 4.90 Å². The van der Waals surface area contributed by atoms with Crippen molar-refractivity contribution in [1.82, 2.24) is 0 Å². The van der Waals surface area contributed by atoms with Crippen LogP contribution in [0.4, 0.5) is 5.69 Å². The summed E-state index contributed by atoms with van der Waals surface area (Å²) in [4.78, 5) is 7.56. The fourth-order valence-electron chi connectivity index (χ4n) is 3.91. The average molecular weight is 457 g/mol. The molecule has 0 aromatic heterocycles. The van der Waals surface area contributed by atoms with Crippen molar-refractivity contribution in [2.75, 3.05) is 11.9 Å². The zero-order valence-electron chi connectivity index (χ0n) is 20.5. The fourth-order valence-corrected chi connectivity index (χ4v) is 7.16. The van der Waals surface area contributed by atoms with E-state index in [-0.39, 0.29) is 42.1 Å². The standard InChI is InChI=1S/C22H29N2Si.C2H5.2CH3.Ti/c1-22(2,3)23-25(5,6)21-16-20(18-14-10-11-15-19(18)21)24(4)17-12-8-7-9-13-17;1-2;;;/h7-16,18H,1-6H3;1H2,2H3;2*1H3;/q4*-1;+4. The van der Waals surface area contributed by atoms with E-state index in [9.17, 15) is 0 Å². The number of allylic oxidation sites excluding steroid dienone is 6. The molecule has 0 N–H and O–H groups in total. The van der Waals surface area contributed by atoms with Crippen LogP contribution in [0.15, 0.2) is 77.2 Å². The van der Waals surface area contributed by atoms with Gasteiger partial charge in [-0.1, -0.05) is 81.6 Å². The quantitative estimate of drug-likeness (QED) is 0.335. The largest absolute Gasteiger partial charge is 4.00 e. The molecule has 2 nitrogen and oxygen atoms in total. The molecule has 1 unspecified atom stereocenters. The van der Waals surface area contributed by atoms with E-state index in [1.165, 1.54) is 22.2 Å². The Hall–Kier alpha value is -1.13. The van der Waals surface area contributed by atoms with Crippen molar-refractivity contribution in [2.45, 2.75) is 46.3 Å². The van der Waals surface area contributed by atoms with E-state index in [1.807, 2.05) is 0 Å². The topological polar surface area (TPSA) is 17.3 Å². The number of benzene rings is 1. The number of hydrogen-bond acceptors (Lipinski definition) is 1. The Bertz CT molecular complexity index is 768. The molecule has 1 aromatic carbocycles. The molecule has 1 aromatic rings. The Morgan fingerprint density at radius 1 is 1.00 bits per heavy atom. The Labute approximate surface area is 203 Å². The number of hydrogen-bond donors (Lipinski definition) is 0. The van der Waals surface area contributed by atoms with Gasteiger partial charge in [0, 0.05) is 24.4 Å². The van der Waals surface area contributed by atoms with Crippen LogP contribution in [-0.2, 0) is 21.7 Å². The minimum Gasteiger partial charge on any atom is -0.656 e. The van der Waals surface area contributed by atoms with E-state index < -0.39 is 8.24 Å². The zero-order valence-corrected chi connectivity index (χ0v) is 23.0. The van der Waals surface area contributed by atoms with Crippen LogP contribution >= 0.6 is 0 Å². The molecular weight excluding hydrogens is 416 g/mol. The molecule has 0 bridgehead atoms. The normalized spacial score (nSPS) is 16.8. The number of para-hydroxylation sites is 1. The Morgan fingerprint density at radius 3 is 2.10 bits per heavy atom. The number of rotatable bonds is 4. The summed E-state index contributed by atoms with van der Waals surface area (Å²) < 4.78 is 0. The number of fused-ring (bicyclic) bond motifs is 1. The second kappa shape index (κ2) is 12.7. The third-order valence-corrected chi connectivity index (χ3v) is 7.73. The van der Waals surface area contributed by atoms with Crippen LogP contribution in [0.2, 0.25) is 13.1 Å². The zero-order chi connectivity index (χ0) is 20.2. The molecule has 0 saturated carbocycles. The molecule has 3 rings (SSSR count). The van der Waals surface area contributed by atoms with Crippen molar-refractivity contribution in [1.29, 1.82) is 0 Å². The average Bonchev–Trinajstić information content (AvgIpc) is 3.02. The van der Waals surface area contributed by atoms with Crippen LogP contribution in [0.25, 0.3) is 4.98 Å². The van der Waals surface area contributed by atoms with Gasteiger partial charge in [0.25, 0.3) is 0 Å². The second-order valence-corrected chi connectivity index (χ2v) is 12.3. The third kappa shape index (κ3) is 7.23. The number of nitrogens with zero attached hydrogens (tertiary/aromatic N) is 2. The van der Waals surface area contributed by atoms with Gasteiger partial charge in [0.2, 0.25) is 0 Å². The van der Waals surface area contributed by atoms with Gasteiger partial charge in [0.15, 0.2) is 0 Å². The second-order valence-electron chi connectivity index (χ2n) is 8.40. The summed E-state index contributed by atoms with van der Waals surface area (Å²) in [5, 5.41) is 1.46.